The van der Waals surface area contributed by atoms with E-state index in [0.29, 0.717) is 5.95 Å². The van der Waals surface area contributed by atoms with Gasteiger partial charge in [-0.3, -0.25) is 0 Å². The fraction of sp³-hybridized carbons (Fsp3) is 0.692. The van der Waals surface area contributed by atoms with E-state index in [1.165, 1.54) is 0 Å². The lowest BCUT2D eigenvalue weighted by Crippen LogP contribution is -2.10. The summed E-state index contributed by atoms with van der Waals surface area (Å²) in [5, 5.41) is 15.6. The molecular formula is C13H24N4O. The molecule has 0 saturated heterocycles. The Morgan fingerprint density at radius 2 is 2.06 bits per heavy atom. The number of aryl methyl sites for hydroxylation is 1. The van der Waals surface area contributed by atoms with Crippen molar-refractivity contribution in [1.82, 2.24) is 9.97 Å². The van der Waals surface area contributed by atoms with E-state index < -0.39 is 0 Å². The first-order valence-corrected chi connectivity index (χ1v) is 6.63. The number of hydrogen-bond donors (Lipinski definition) is 3. The van der Waals surface area contributed by atoms with Gasteiger partial charge in [-0.05, 0) is 33.1 Å². The minimum absolute atomic E-state index is 0.235. The van der Waals surface area contributed by atoms with E-state index >= 15 is 0 Å². The highest BCUT2D eigenvalue weighted by molar-refractivity contribution is 5.41. The van der Waals surface area contributed by atoms with Crippen LogP contribution >= 0.6 is 0 Å². The zero-order chi connectivity index (χ0) is 13.4. The summed E-state index contributed by atoms with van der Waals surface area (Å²) in [7, 11) is 0. The van der Waals surface area contributed by atoms with Gasteiger partial charge in [-0.2, -0.15) is 4.98 Å². The van der Waals surface area contributed by atoms with Crippen molar-refractivity contribution in [3.63, 3.8) is 0 Å². The Bertz CT molecular complexity index is 355. The highest BCUT2D eigenvalue weighted by Gasteiger charge is 2.01. The number of nitrogens with one attached hydrogen (secondary N) is 2. The lowest BCUT2D eigenvalue weighted by molar-refractivity contribution is 0.183. The molecule has 0 saturated carbocycles. The molecule has 0 spiro atoms. The average molecular weight is 252 g/mol. The molecule has 102 valence electrons. The van der Waals surface area contributed by atoms with Crippen LogP contribution < -0.4 is 10.6 Å². The van der Waals surface area contributed by atoms with Crippen molar-refractivity contribution in [3.05, 3.63) is 11.8 Å². The minimum atomic E-state index is -0.235. The van der Waals surface area contributed by atoms with Crippen LogP contribution in [0.3, 0.4) is 0 Å². The Kier molecular flexibility index (Phi) is 6.43. The number of anilines is 2. The monoisotopic (exact) mass is 252 g/mol. The Hall–Kier alpha value is -1.36. The predicted molar refractivity (Wildman–Crippen MR) is 75.0 cm³/mol. The second kappa shape index (κ2) is 7.87. The Balaban J connectivity index is 2.46. The molecule has 0 radical (unpaired) electrons. The zero-order valence-electron chi connectivity index (χ0n) is 11.5. The second-order valence-electron chi connectivity index (χ2n) is 4.56. The number of nitrogens with zero attached hydrogens (tertiary/aromatic N) is 2. The third kappa shape index (κ3) is 5.82. The smallest absolute Gasteiger partial charge is 0.224 e. The Labute approximate surface area is 109 Å². The molecule has 1 aromatic heterocycles. The molecule has 0 aliphatic carbocycles. The molecule has 1 atom stereocenters. The van der Waals surface area contributed by atoms with Crippen molar-refractivity contribution in [1.29, 1.82) is 0 Å². The quantitative estimate of drug-likeness (QED) is 0.619. The van der Waals surface area contributed by atoms with E-state index in [1.54, 1.807) is 0 Å². The van der Waals surface area contributed by atoms with Crippen molar-refractivity contribution < 1.29 is 5.11 Å². The summed E-state index contributed by atoms with van der Waals surface area (Å²) in [6.07, 6.45) is 2.55. The van der Waals surface area contributed by atoms with E-state index in [1.807, 2.05) is 19.9 Å². The maximum absolute atomic E-state index is 9.17. The molecule has 0 aliphatic heterocycles. The fourth-order valence-electron chi connectivity index (χ4n) is 1.59. The lowest BCUT2D eigenvalue weighted by atomic mass is 10.2. The molecule has 5 nitrogen and oxygen atoms in total. The molecule has 1 heterocycles. The SMILES string of the molecule is CCCNc1nc(C)cc(NCCCC(C)O)n1. The average Bonchev–Trinajstić information content (AvgIpc) is 2.31. The summed E-state index contributed by atoms with van der Waals surface area (Å²) in [4.78, 5) is 8.72. The molecule has 18 heavy (non-hydrogen) atoms. The van der Waals surface area contributed by atoms with Crippen LogP contribution in [0.5, 0.6) is 0 Å². The number of rotatable bonds is 8. The summed E-state index contributed by atoms with van der Waals surface area (Å²) in [6.45, 7) is 7.57. The number of aliphatic hydroxyl groups excluding tert-OH is 1. The first kappa shape index (κ1) is 14.7. The summed E-state index contributed by atoms with van der Waals surface area (Å²) < 4.78 is 0. The number of hydrogen-bond acceptors (Lipinski definition) is 5. The van der Waals surface area contributed by atoms with E-state index in [4.69, 9.17) is 0 Å². The standard InChI is InChI=1S/C13H24N4O/c1-4-7-15-13-16-10(2)9-12(17-13)14-8-5-6-11(3)18/h9,11,18H,4-8H2,1-3H3,(H2,14,15,16,17). The maximum atomic E-state index is 9.17. The number of aromatic nitrogens is 2. The molecule has 0 fully saturated rings. The van der Waals surface area contributed by atoms with Crippen molar-refractivity contribution in [2.45, 2.75) is 46.1 Å². The van der Waals surface area contributed by atoms with Crippen LogP contribution in [0.1, 0.15) is 38.8 Å². The van der Waals surface area contributed by atoms with Gasteiger partial charge in [0.25, 0.3) is 0 Å². The van der Waals surface area contributed by atoms with Crippen molar-refractivity contribution >= 4 is 11.8 Å². The van der Waals surface area contributed by atoms with Gasteiger partial charge in [0, 0.05) is 24.8 Å². The van der Waals surface area contributed by atoms with E-state index in [0.717, 1.165) is 43.9 Å². The van der Waals surface area contributed by atoms with E-state index in [9.17, 15) is 5.11 Å². The maximum Gasteiger partial charge on any atom is 0.224 e. The van der Waals surface area contributed by atoms with Gasteiger partial charge in [-0.25, -0.2) is 4.98 Å². The second-order valence-corrected chi connectivity index (χ2v) is 4.56. The predicted octanol–water partition coefficient (Wildman–Crippen LogP) is 2.18. The molecule has 0 bridgehead atoms. The van der Waals surface area contributed by atoms with Crippen LogP contribution in [-0.2, 0) is 0 Å². The van der Waals surface area contributed by atoms with Crippen LogP contribution in [-0.4, -0.2) is 34.3 Å². The minimum Gasteiger partial charge on any atom is -0.393 e. The molecule has 1 aromatic rings. The van der Waals surface area contributed by atoms with Crippen LogP contribution in [0.4, 0.5) is 11.8 Å². The van der Waals surface area contributed by atoms with Crippen LogP contribution in [0.25, 0.3) is 0 Å². The van der Waals surface area contributed by atoms with Gasteiger partial charge in [0.05, 0.1) is 6.10 Å². The van der Waals surface area contributed by atoms with Gasteiger partial charge in [0.1, 0.15) is 5.82 Å². The first-order valence-electron chi connectivity index (χ1n) is 6.63. The van der Waals surface area contributed by atoms with Gasteiger partial charge in [0.15, 0.2) is 0 Å². The Morgan fingerprint density at radius 1 is 1.28 bits per heavy atom. The van der Waals surface area contributed by atoms with E-state index in [-0.39, 0.29) is 6.10 Å². The summed E-state index contributed by atoms with van der Waals surface area (Å²) in [5.41, 5.74) is 0.946. The van der Waals surface area contributed by atoms with Crippen LogP contribution in [0.15, 0.2) is 6.07 Å². The molecule has 0 aliphatic rings. The molecule has 3 N–H and O–H groups in total. The topological polar surface area (TPSA) is 70.1 Å². The highest BCUT2D eigenvalue weighted by Crippen LogP contribution is 2.10. The normalized spacial score (nSPS) is 12.2. The molecular weight excluding hydrogens is 228 g/mol. The third-order valence-electron chi connectivity index (χ3n) is 2.49. The first-order chi connectivity index (χ1) is 8.61. The van der Waals surface area contributed by atoms with Gasteiger partial charge >= 0.3 is 0 Å². The fourth-order valence-corrected chi connectivity index (χ4v) is 1.59. The van der Waals surface area contributed by atoms with Crippen molar-refractivity contribution in [3.8, 4) is 0 Å². The largest absolute Gasteiger partial charge is 0.393 e. The lowest BCUT2D eigenvalue weighted by Gasteiger charge is -2.10. The molecule has 5 heteroatoms. The Morgan fingerprint density at radius 3 is 2.72 bits per heavy atom. The molecule has 0 amide bonds. The van der Waals surface area contributed by atoms with Gasteiger partial charge in [-0.15, -0.1) is 0 Å². The molecule has 1 unspecified atom stereocenters. The molecule has 0 aromatic carbocycles. The van der Waals surface area contributed by atoms with Gasteiger partial charge < -0.3 is 15.7 Å². The highest BCUT2D eigenvalue weighted by atomic mass is 16.3. The van der Waals surface area contributed by atoms with E-state index in [2.05, 4.69) is 27.5 Å². The van der Waals surface area contributed by atoms with Crippen LogP contribution in [0.2, 0.25) is 0 Å². The summed E-state index contributed by atoms with van der Waals surface area (Å²) in [6, 6.07) is 1.93. The zero-order valence-corrected chi connectivity index (χ0v) is 11.5. The number of aliphatic hydroxyl groups is 1. The third-order valence-corrected chi connectivity index (χ3v) is 2.49. The van der Waals surface area contributed by atoms with Gasteiger partial charge in [0.2, 0.25) is 5.95 Å². The molecule has 1 rings (SSSR count). The summed E-state index contributed by atoms with van der Waals surface area (Å²) >= 11 is 0. The summed E-state index contributed by atoms with van der Waals surface area (Å²) in [5.74, 6) is 1.52. The van der Waals surface area contributed by atoms with Crippen molar-refractivity contribution in [2.24, 2.45) is 0 Å². The van der Waals surface area contributed by atoms with Crippen LogP contribution in [0, 0.1) is 6.92 Å². The van der Waals surface area contributed by atoms with Crippen molar-refractivity contribution in [2.75, 3.05) is 23.7 Å². The van der Waals surface area contributed by atoms with Gasteiger partial charge in [-0.1, -0.05) is 6.92 Å².